The molecular formula is C14H12BrClFN3O. The van der Waals surface area contributed by atoms with Crippen molar-refractivity contribution in [1.29, 1.82) is 0 Å². The number of halogens is 3. The molecule has 3 rings (SSSR count). The first-order valence-electron chi connectivity index (χ1n) is 6.37. The summed E-state index contributed by atoms with van der Waals surface area (Å²) in [6.45, 7) is 4.14. The van der Waals surface area contributed by atoms with E-state index in [2.05, 4.69) is 26.1 Å². The van der Waals surface area contributed by atoms with Gasteiger partial charge in [-0.1, -0.05) is 5.16 Å². The zero-order valence-corrected chi connectivity index (χ0v) is 13.7. The Hall–Kier alpha value is -1.40. The minimum atomic E-state index is -0.349. The molecule has 0 fully saturated rings. The highest BCUT2D eigenvalue weighted by Crippen LogP contribution is 2.29. The molecule has 1 atom stereocenters. The Morgan fingerprint density at radius 2 is 2.19 bits per heavy atom. The third-order valence-corrected chi connectivity index (χ3v) is 3.98. The fourth-order valence-electron chi connectivity index (χ4n) is 2.26. The summed E-state index contributed by atoms with van der Waals surface area (Å²) in [5, 5.41) is 3.69. The lowest BCUT2D eigenvalue weighted by Gasteiger charge is -2.08. The largest absolute Gasteiger partial charge is 0.361 e. The van der Waals surface area contributed by atoms with Crippen LogP contribution >= 0.6 is 27.5 Å². The maximum atomic E-state index is 13.7. The number of hydrogen-bond donors (Lipinski definition) is 0. The molecule has 1 unspecified atom stereocenters. The van der Waals surface area contributed by atoms with Crippen LogP contribution < -0.4 is 0 Å². The summed E-state index contributed by atoms with van der Waals surface area (Å²) in [7, 11) is 0. The van der Waals surface area contributed by atoms with E-state index in [0.29, 0.717) is 22.4 Å². The minimum Gasteiger partial charge on any atom is -0.361 e. The van der Waals surface area contributed by atoms with Crippen molar-refractivity contribution in [2.45, 2.75) is 25.8 Å². The minimum absolute atomic E-state index is 0.299. The molecule has 1 aromatic carbocycles. The molecule has 2 heterocycles. The van der Waals surface area contributed by atoms with Crippen molar-refractivity contribution in [3.8, 4) is 0 Å². The Kier molecular flexibility index (Phi) is 3.75. The molecule has 0 amide bonds. The standard InChI is InChI=1S/C14H12BrClFN3O/c1-7-3-9(19-21-7)6-20-13-4-10(15)11(17)5-12(13)18-14(20)8(2)16/h3-5,8H,6H2,1-2H3. The molecular weight excluding hydrogens is 361 g/mol. The highest BCUT2D eigenvalue weighted by molar-refractivity contribution is 9.10. The third-order valence-electron chi connectivity index (χ3n) is 3.17. The van der Waals surface area contributed by atoms with Gasteiger partial charge in [-0.25, -0.2) is 9.37 Å². The van der Waals surface area contributed by atoms with Crippen molar-refractivity contribution >= 4 is 38.6 Å². The van der Waals surface area contributed by atoms with Crippen LogP contribution in [-0.4, -0.2) is 14.7 Å². The van der Waals surface area contributed by atoms with Gasteiger partial charge in [-0.05, 0) is 35.8 Å². The Bertz CT molecular complexity index is 812. The second-order valence-corrected chi connectivity index (χ2v) is 6.37. The zero-order valence-electron chi connectivity index (χ0n) is 11.4. The van der Waals surface area contributed by atoms with Crippen molar-refractivity contribution in [2.24, 2.45) is 0 Å². The van der Waals surface area contributed by atoms with Crippen molar-refractivity contribution in [3.63, 3.8) is 0 Å². The van der Waals surface area contributed by atoms with Crippen LogP contribution in [0.4, 0.5) is 4.39 Å². The number of benzene rings is 1. The van der Waals surface area contributed by atoms with Crippen molar-refractivity contribution in [2.75, 3.05) is 0 Å². The van der Waals surface area contributed by atoms with Gasteiger partial charge in [-0.3, -0.25) is 0 Å². The van der Waals surface area contributed by atoms with Crippen LogP contribution in [0.5, 0.6) is 0 Å². The van der Waals surface area contributed by atoms with Crippen LogP contribution in [0.3, 0.4) is 0 Å². The molecule has 21 heavy (non-hydrogen) atoms. The van der Waals surface area contributed by atoms with Gasteiger partial charge in [-0.2, -0.15) is 0 Å². The van der Waals surface area contributed by atoms with E-state index < -0.39 is 0 Å². The topological polar surface area (TPSA) is 43.9 Å². The first-order chi connectivity index (χ1) is 9.95. The van der Waals surface area contributed by atoms with E-state index in [4.69, 9.17) is 16.1 Å². The van der Waals surface area contributed by atoms with E-state index in [0.717, 1.165) is 17.0 Å². The predicted octanol–water partition coefficient (Wildman–Crippen LogP) is 4.58. The highest BCUT2D eigenvalue weighted by Gasteiger charge is 2.18. The smallest absolute Gasteiger partial charge is 0.139 e. The summed E-state index contributed by atoms with van der Waals surface area (Å²) in [5.74, 6) is 1.06. The number of aryl methyl sites for hydroxylation is 1. The molecule has 0 aliphatic rings. The predicted molar refractivity (Wildman–Crippen MR) is 82.0 cm³/mol. The van der Waals surface area contributed by atoms with E-state index in [9.17, 15) is 4.39 Å². The lowest BCUT2D eigenvalue weighted by Crippen LogP contribution is -2.06. The van der Waals surface area contributed by atoms with Gasteiger partial charge in [-0.15, -0.1) is 11.6 Å². The maximum Gasteiger partial charge on any atom is 0.139 e. The van der Waals surface area contributed by atoms with Crippen LogP contribution in [0.1, 0.15) is 29.6 Å². The number of aromatic nitrogens is 3. The molecule has 0 saturated heterocycles. The fraction of sp³-hybridized carbons (Fsp3) is 0.286. The van der Waals surface area contributed by atoms with E-state index in [-0.39, 0.29) is 11.2 Å². The van der Waals surface area contributed by atoms with Gasteiger partial charge in [0, 0.05) is 12.1 Å². The molecule has 0 N–H and O–H groups in total. The normalized spacial score (nSPS) is 13.0. The SMILES string of the molecule is Cc1cc(Cn2c(C(C)Cl)nc3cc(F)c(Br)cc32)no1. The van der Waals surface area contributed by atoms with E-state index >= 15 is 0 Å². The molecule has 110 valence electrons. The molecule has 0 aliphatic heterocycles. The average Bonchev–Trinajstić information content (AvgIpc) is 2.96. The third kappa shape index (κ3) is 2.70. The first-order valence-corrected chi connectivity index (χ1v) is 7.60. The van der Waals surface area contributed by atoms with Gasteiger partial charge in [0.1, 0.15) is 23.1 Å². The molecule has 0 bridgehead atoms. The summed E-state index contributed by atoms with van der Waals surface area (Å²) in [4.78, 5) is 4.43. The second kappa shape index (κ2) is 5.42. The summed E-state index contributed by atoms with van der Waals surface area (Å²) >= 11 is 9.40. The zero-order chi connectivity index (χ0) is 15.1. The maximum absolute atomic E-state index is 13.7. The van der Waals surface area contributed by atoms with Gasteiger partial charge in [0.25, 0.3) is 0 Å². The fourth-order valence-corrected chi connectivity index (χ4v) is 2.76. The Morgan fingerprint density at radius 1 is 1.43 bits per heavy atom. The van der Waals surface area contributed by atoms with Gasteiger partial charge >= 0.3 is 0 Å². The van der Waals surface area contributed by atoms with Crippen LogP contribution in [0.25, 0.3) is 11.0 Å². The summed E-state index contributed by atoms with van der Waals surface area (Å²) in [6.07, 6.45) is 0. The van der Waals surface area contributed by atoms with Gasteiger partial charge in [0.15, 0.2) is 0 Å². The molecule has 4 nitrogen and oxygen atoms in total. The number of rotatable bonds is 3. The lowest BCUT2D eigenvalue weighted by atomic mass is 10.3. The van der Waals surface area contributed by atoms with Crippen LogP contribution in [-0.2, 0) is 6.54 Å². The molecule has 7 heteroatoms. The van der Waals surface area contributed by atoms with Crippen molar-refractivity contribution in [1.82, 2.24) is 14.7 Å². The molecule has 0 radical (unpaired) electrons. The molecule has 0 aliphatic carbocycles. The first kappa shape index (κ1) is 14.5. The number of fused-ring (bicyclic) bond motifs is 1. The average molecular weight is 373 g/mol. The number of hydrogen-bond acceptors (Lipinski definition) is 3. The Balaban J connectivity index is 2.17. The van der Waals surface area contributed by atoms with E-state index in [1.165, 1.54) is 6.07 Å². The number of nitrogens with zero attached hydrogens (tertiary/aromatic N) is 3. The lowest BCUT2D eigenvalue weighted by molar-refractivity contribution is 0.389. The monoisotopic (exact) mass is 371 g/mol. The van der Waals surface area contributed by atoms with E-state index in [1.54, 1.807) is 6.07 Å². The van der Waals surface area contributed by atoms with Crippen LogP contribution in [0.2, 0.25) is 0 Å². The molecule has 0 saturated carbocycles. The van der Waals surface area contributed by atoms with Gasteiger partial charge in [0.05, 0.1) is 27.4 Å². The second-order valence-electron chi connectivity index (χ2n) is 4.86. The number of imidazole rings is 1. The van der Waals surface area contributed by atoms with E-state index in [1.807, 2.05) is 24.5 Å². The van der Waals surface area contributed by atoms with Crippen molar-refractivity contribution < 1.29 is 8.91 Å². The Labute approximate surface area is 134 Å². The number of alkyl halides is 1. The summed E-state index contributed by atoms with van der Waals surface area (Å²) in [6, 6.07) is 4.95. The Morgan fingerprint density at radius 3 is 2.81 bits per heavy atom. The molecule has 0 spiro atoms. The van der Waals surface area contributed by atoms with Crippen LogP contribution in [0, 0.1) is 12.7 Å². The summed E-state index contributed by atoms with van der Waals surface area (Å²) < 4.78 is 21.1. The summed E-state index contributed by atoms with van der Waals surface area (Å²) in [5.41, 5.74) is 2.13. The van der Waals surface area contributed by atoms with Crippen molar-refractivity contribution in [3.05, 3.63) is 45.8 Å². The van der Waals surface area contributed by atoms with Crippen LogP contribution in [0.15, 0.2) is 27.2 Å². The molecule has 3 aromatic rings. The molecule has 2 aromatic heterocycles. The highest BCUT2D eigenvalue weighted by atomic mass is 79.9. The quantitative estimate of drug-likeness (QED) is 0.632. The van der Waals surface area contributed by atoms with Gasteiger partial charge < -0.3 is 9.09 Å². The van der Waals surface area contributed by atoms with Gasteiger partial charge in [0.2, 0.25) is 0 Å².